The lowest BCUT2D eigenvalue weighted by molar-refractivity contribution is -0.130. The lowest BCUT2D eigenvalue weighted by atomic mass is 10.1. The Kier molecular flexibility index (Phi) is 6.02. The van der Waals surface area contributed by atoms with Crippen molar-refractivity contribution in [1.82, 2.24) is 5.01 Å². The lowest BCUT2D eigenvalue weighted by Gasteiger charge is -2.14. The largest absolute Gasteiger partial charge is 0.493 e. The highest BCUT2D eigenvalue weighted by molar-refractivity contribution is 6.31. The molecule has 1 heterocycles. The van der Waals surface area contributed by atoms with Crippen molar-refractivity contribution in [2.24, 2.45) is 5.10 Å². The molecule has 0 saturated carbocycles. The van der Waals surface area contributed by atoms with Gasteiger partial charge < -0.3 is 9.47 Å². The molecule has 1 amide bonds. The normalized spacial score (nSPS) is 12.9. The molecule has 2 aromatic carbocycles. The summed E-state index contributed by atoms with van der Waals surface area (Å²) >= 11 is 6.28. The van der Waals surface area contributed by atoms with E-state index in [1.165, 1.54) is 19.2 Å². The van der Waals surface area contributed by atoms with Crippen molar-refractivity contribution in [2.45, 2.75) is 12.8 Å². The van der Waals surface area contributed by atoms with Gasteiger partial charge in [-0.2, -0.15) is 10.4 Å². The Morgan fingerprint density at radius 2 is 1.93 bits per heavy atom. The first kappa shape index (κ1) is 19.5. The van der Waals surface area contributed by atoms with Crippen LogP contribution >= 0.6 is 11.6 Å². The van der Waals surface area contributed by atoms with E-state index < -0.39 is 0 Å². The number of rotatable bonds is 6. The van der Waals surface area contributed by atoms with Crippen molar-refractivity contribution < 1.29 is 14.3 Å². The molecule has 0 radical (unpaired) electrons. The monoisotopic (exact) mass is 398 g/mol. The molecule has 1 aliphatic rings. The number of benzene rings is 2. The first-order valence-electron chi connectivity index (χ1n) is 8.59. The predicted octanol–water partition coefficient (Wildman–Crippen LogP) is 3.43. The smallest absolute Gasteiger partial charge is 0.247 e. The van der Waals surface area contributed by atoms with Crippen LogP contribution in [0.4, 0.5) is 5.69 Å². The molecule has 1 aliphatic heterocycles. The van der Waals surface area contributed by atoms with Gasteiger partial charge in [-0.3, -0.25) is 10.1 Å². The van der Waals surface area contributed by atoms with Gasteiger partial charge in [0.2, 0.25) is 5.91 Å². The maximum absolute atomic E-state index is 12.7. The molecule has 0 spiro atoms. The van der Waals surface area contributed by atoms with Crippen molar-refractivity contribution >= 4 is 28.9 Å². The third-order valence-corrected chi connectivity index (χ3v) is 4.75. The van der Waals surface area contributed by atoms with Gasteiger partial charge in [-0.1, -0.05) is 23.7 Å². The minimum absolute atomic E-state index is 0.112. The SMILES string of the molecule is COc1cc(Cl)c(CC(=O)N2CCC(c3ccc(NC#N)cc3)=N2)cc1OC. The highest BCUT2D eigenvalue weighted by Gasteiger charge is 2.23. The highest BCUT2D eigenvalue weighted by atomic mass is 35.5. The van der Waals surface area contributed by atoms with E-state index in [9.17, 15) is 4.79 Å². The van der Waals surface area contributed by atoms with Crippen LogP contribution in [-0.4, -0.2) is 37.4 Å². The van der Waals surface area contributed by atoms with Gasteiger partial charge in [-0.25, -0.2) is 5.01 Å². The summed E-state index contributed by atoms with van der Waals surface area (Å²) in [6, 6.07) is 10.7. The number of nitrogens with one attached hydrogen (secondary N) is 1. The number of hydrazone groups is 1. The van der Waals surface area contributed by atoms with E-state index in [1.54, 1.807) is 24.3 Å². The van der Waals surface area contributed by atoms with Crippen LogP contribution in [0.15, 0.2) is 41.5 Å². The number of anilines is 1. The number of nitriles is 1. The van der Waals surface area contributed by atoms with Crippen molar-refractivity contribution in [1.29, 1.82) is 5.26 Å². The Morgan fingerprint density at radius 3 is 2.57 bits per heavy atom. The van der Waals surface area contributed by atoms with Gasteiger partial charge in [0.15, 0.2) is 17.7 Å². The summed E-state index contributed by atoms with van der Waals surface area (Å²) in [5.41, 5.74) is 3.11. The fraction of sp³-hybridized carbons (Fsp3) is 0.250. The Balaban J connectivity index is 1.73. The van der Waals surface area contributed by atoms with E-state index in [0.717, 1.165) is 11.3 Å². The fourth-order valence-electron chi connectivity index (χ4n) is 2.94. The molecule has 1 N–H and O–H groups in total. The second kappa shape index (κ2) is 8.63. The van der Waals surface area contributed by atoms with Crippen LogP contribution in [0, 0.1) is 11.5 Å². The van der Waals surface area contributed by atoms with Gasteiger partial charge in [0.05, 0.1) is 32.9 Å². The maximum Gasteiger partial charge on any atom is 0.247 e. The summed E-state index contributed by atoms with van der Waals surface area (Å²) in [7, 11) is 3.06. The van der Waals surface area contributed by atoms with Crippen molar-refractivity contribution in [3.63, 3.8) is 0 Å². The van der Waals surface area contributed by atoms with Crippen LogP contribution in [0.2, 0.25) is 5.02 Å². The number of methoxy groups -OCH3 is 2. The van der Waals surface area contributed by atoms with Crippen molar-refractivity contribution in [3.8, 4) is 17.7 Å². The molecule has 0 fully saturated rings. The molecular weight excluding hydrogens is 380 g/mol. The predicted molar refractivity (Wildman–Crippen MR) is 107 cm³/mol. The summed E-state index contributed by atoms with van der Waals surface area (Å²) in [5.74, 6) is 0.887. The van der Waals surface area contributed by atoms with Crippen molar-refractivity contribution in [2.75, 3.05) is 26.1 Å². The Bertz CT molecular complexity index is 951. The molecule has 0 unspecified atom stereocenters. The molecule has 144 valence electrons. The molecule has 8 heteroatoms. The standard InChI is InChI=1S/C20H19ClN4O3/c1-27-18-9-14(16(21)11-19(18)28-2)10-20(26)25-8-7-17(24-25)13-3-5-15(6-4-13)23-12-22/h3-6,9,11,23H,7-8,10H2,1-2H3. The van der Waals surface area contributed by atoms with Gasteiger partial charge in [0, 0.05) is 23.2 Å². The zero-order valence-electron chi connectivity index (χ0n) is 15.5. The number of carbonyl (C=O) groups is 1. The van der Waals surface area contributed by atoms with Crippen LogP contribution in [0.25, 0.3) is 0 Å². The summed E-state index contributed by atoms with van der Waals surface area (Å²) < 4.78 is 10.5. The zero-order valence-corrected chi connectivity index (χ0v) is 16.3. The molecule has 0 saturated heterocycles. The molecule has 0 bridgehead atoms. The van der Waals surface area contributed by atoms with Gasteiger partial charge in [0.25, 0.3) is 0 Å². The summed E-state index contributed by atoms with van der Waals surface area (Å²) in [5, 5.41) is 17.6. The topological polar surface area (TPSA) is 87.0 Å². The van der Waals surface area contributed by atoms with Crippen LogP contribution in [-0.2, 0) is 11.2 Å². The lowest BCUT2D eigenvalue weighted by Crippen LogP contribution is -2.25. The third kappa shape index (κ3) is 4.18. The zero-order chi connectivity index (χ0) is 20.1. The summed E-state index contributed by atoms with van der Waals surface area (Å²) in [4.78, 5) is 12.7. The quantitative estimate of drug-likeness (QED) is 0.595. The first-order valence-corrected chi connectivity index (χ1v) is 8.97. The Morgan fingerprint density at radius 1 is 1.25 bits per heavy atom. The second-order valence-electron chi connectivity index (χ2n) is 6.10. The molecule has 0 aliphatic carbocycles. The van der Waals surface area contributed by atoms with Crippen molar-refractivity contribution in [3.05, 3.63) is 52.5 Å². The van der Waals surface area contributed by atoms with Crippen LogP contribution < -0.4 is 14.8 Å². The van der Waals surface area contributed by atoms with Crippen LogP contribution in [0.5, 0.6) is 11.5 Å². The number of nitrogens with zero attached hydrogens (tertiary/aromatic N) is 3. The number of hydrogen-bond acceptors (Lipinski definition) is 6. The van der Waals surface area contributed by atoms with E-state index in [0.29, 0.717) is 40.7 Å². The number of amides is 1. The third-order valence-electron chi connectivity index (χ3n) is 4.40. The number of halogens is 1. The second-order valence-corrected chi connectivity index (χ2v) is 6.51. The van der Waals surface area contributed by atoms with E-state index in [4.69, 9.17) is 26.3 Å². The molecule has 0 aromatic heterocycles. The molecule has 7 nitrogen and oxygen atoms in total. The average molecular weight is 399 g/mol. The minimum Gasteiger partial charge on any atom is -0.493 e. The highest BCUT2D eigenvalue weighted by Crippen LogP contribution is 2.33. The number of ether oxygens (including phenoxy) is 2. The minimum atomic E-state index is -0.146. The molecular formula is C20H19ClN4O3. The first-order chi connectivity index (χ1) is 13.5. The van der Waals surface area contributed by atoms with Crippen LogP contribution in [0.3, 0.4) is 0 Å². The summed E-state index contributed by atoms with van der Waals surface area (Å²) in [6.07, 6.45) is 2.65. The molecule has 3 rings (SSSR count). The fourth-order valence-corrected chi connectivity index (χ4v) is 3.16. The Labute approximate surface area is 168 Å². The van der Waals surface area contributed by atoms with Gasteiger partial charge in [-0.05, 0) is 29.3 Å². The van der Waals surface area contributed by atoms with Gasteiger partial charge >= 0.3 is 0 Å². The van der Waals surface area contributed by atoms with E-state index >= 15 is 0 Å². The Hall–Kier alpha value is -3.24. The maximum atomic E-state index is 12.7. The molecule has 0 atom stereocenters. The van der Waals surface area contributed by atoms with E-state index in [1.807, 2.05) is 18.3 Å². The van der Waals surface area contributed by atoms with Crippen LogP contribution in [0.1, 0.15) is 17.5 Å². The number of carbonyl (C=O) groups excluding carboxylic acids is 1. The van der Waals surface area contributed by atoms with Gasteiger partial charge in [0.1, 0.15) is 0 Å². The van der Waals surface area contributed by atoms with Gasteiger partial charge in [-0.15, -0.1) is 0 Å². The van der Waals surface area contributed by atoms with E-state index in [2.05, 4.69) is 10.4 Å². The average Bonchev–Trinajstić information content (AvgIpc) is 3.20. The molecule has 2 aromatic rings. The number of hydrogen-bond donors (Lipinski definition) is 1. The molecule has 28 heavy (non-hydrogen) atoms. The summed E-state index contributed by atoms with van der Waals surface area (Å²) in [6.45, 7) is 0.511. The van der Waals surface area contributed by atoms with E-state index in [-0.39, 0.29) is 12.3 Å².